The van der Waals surface area contributed by atoms with Crippen LogP contribution in [0.25, 0.3) is 0 Å². The van der Waals surface area contributed by atoms with Crippen molar-refractivity contribution in [2.75, 3.05) is 5.73 Å². The molecule has 3 N–H and O–H groups in total. The Morgan fingerprint density at radius 1 is 1.35 bits per heavy atom. The summed E-state index contributed by atoms with van der Waals surface area (Å²) in [7, 11) is -3.42. The lowest BCUT2D eigenvalue weighted by molar-refractivity contribution is 0.248. The lowest BCUT2D eigenvalue weighted by atomic mass is 9.80. The normalized spacial score (nSPS) is 18.7. The van der Waals surface area contributed by atoms with Gasteiger partial charge in [-0.15, -0.1) is 0 Å². The largest absolute Gasteiger partial charge is 0.399 e. The molecule has 0 atom stereocenters. The number of rotatable bonds is 3. The first-order valence-electron chi connectivity index (χ1n) is 5.73. The van der Waals surface area contributed by atoms with E-state index in [1.165, 1.54) is 0 Å². The molecule has 0 heterocycles. The van der Waals surface area contributed by atoms with Crippen LogP contribution in [0.2, 0.25) is 0 Å². The van der Waals surface area contributed by atoms with Crippen molar-refractivity contribution in [1.29, 1.82) is 0 Å². The van der Waals surface area contributed by atoms with Gasteiger partial charge in [-0.25, -0.2) is 13.1 Å². The predicted molar refractivity (Wildman–Crippen MR) is 68.2 cm³/mol. The van der Waals surface area contributed by atoms with Crippen molar-refractivity contribution in [2.24, 2.45) is 0 Å². The first-order chi connectivity index (χ1) is 7.82. The first kappa shape index (κ1) is 12.4. The molecular formula is C12H18N2O2S. The van der Waals surface area contributed by atoms with E-state index in [2.05, 4.69) is 4.72 Å². The third-order valence-corrected chi connectivity index (χ3v) is 5.03. The van der Waals surface area contributed by atoms with E-state index in [0.29, 0.717) is 5.69 Å². The molecule has 5 heteroatoms. The lowest BCUT2D eigenvalue weighted by Crippen LogP contribution is -2.50. The van der Waals surface area contributed by atoms with E-state index in [4.69, 9.17) is 5.73 Å². The van der Waals surface area contributed by atoms with E-state index in [9.17, 15) is 8.42 Å². The van der Waals surface area contributed by atoms with Crippen molar-refractivity contribution in [1.82, 2.24) is 4.72 Å². The zero-order valence-electron chi connectivity index (χ0n) is 10.2. The second-order valence-corrected chi connectivity index (χ2v) is 6.72. The fraction of sp³-hybridized carbons (Fsp3) is 0.500. The number of sulfonamides is 1. The number of nitrogens with two attached hydrogens (primary N) is 1. The number of anilines is 1. The summed E-state index contributed by atoms with van der Waals surface area (Å²) >= 11 is 0. The molecule has 0 unspecified atom stereocenters. The number of hydrogen-bond acceptors (Lipinski definition) is 3. The van der Waals surface area contributed by atoms with E-state index in [-0.39, 0.29) is 10.4 Å². The Hall–Kier alpha value is -1.07. The van der Waals surface area contributed by atoms with E-state index in [1.807, 2.05) is 6.92 Å². The molecule has 94 valence electrons. The fourth-order valence-corrected chi connectivity index (χ4v) is 3.56. The summed E-state index contributed by atoms with van der Waals surface area (Å²) in [5.41, 5.74) is 6.81. The standard InChI is InChI=1S/C12H18N2O2S/c1-9-8-10(4-5-11(9)13)17(15,16)14-12(2)6-3-7-12/h4-5,8,14H,3,6-7,13H2,1-2H3. The van der Waals surface area contributed by atoms with Gasteiger partial charge in [-0.1, -0.05) is 0 Å². The van der Waals surface area contributed by atoms with E-state index in [0.717, 1.165) is 24.8 Å². The van der Waals surface area contributed by atoms with Gasteiger partial charge in [0.15, 0.2) is 0 Å². The fourth-order valence-electron chi connectivity index (χ4n) is 2.01. The van der Waals surface area contributed by atoms with Crippen molar-refractivity contribution in [3.63, 3.8) is 0 Å². The zero-order valence-corrected chi connectivity index (χ0v) is 11.0. The summed E-state index contributed by atoms with van der Waals surface area (Å²) in [4.78, 5) is 0.289. The highest BCUT2D eigenvalue weighted by atomic mass is 32.2. The zero-order chi connectivity index (χ0) is 12.7. The van der Waals surface area contributed by atoms with Gasteiger partial charge in [-0.3, -0.25) is 0 Å². The summed E-state index contributed by atoms with van der Waals surface area (Å²) in [5, 5.41) is 0. The van der Waals surface area contributed by atoms with Gasteiger partial charge < -0.3 is 5.73 Å². The molecular weight excluding hydrogens is 236 g/mol. The molecule has 4 nitrogen and oxygen atoms in total. The van der Waals surface area contributed by atoms with Gasteiger partial charge in [-0.2, -0.15) is 0 Å². The maximum Gasteiger partial charge on any atom is 0.241 e. The highest BCUT2D eigenvalue weighted by Gasteiger charge is 2.36. The molecule has 0 saturated heterocycles. The van der Waals surface area contributed by atoms with Crippen LogP contribution in [0.1, 0.15) is 31.7 Å². The maximum absolute atomic E-state index is 12.2. The monoisotopic (exact) mass is 254 g/mol. The van der Waals surface area contributed by atoms with E-state index in [1.54, 1.807) is 25.1 Å². The van der Waals surface area contributed by atoms with Crippen molar-refractivity contribution in [3.8, 4) is 0 Å². The van der Waals surface area contributed by atoms with Gasteiger partial charge in [0.1, 0.15) is 0 Å². The van der Waals surface area contributed by atoms with Crippen LogP contribution in [0.3, 0.4) is 0 Å². The van der Waals surface area contributed by atoms with Gasteiger partial charge >= 0.3 is 0 Å². The summed E-state index contributed by atoms with van der Waals surface area (Å²) in [6, 6.07) is 4.79. The average molecular weight is 254 g/mol. The molecule has 0 bridgehead atoms. The molecule has 17 heavy (non-hydrogen) atoms. The molecule has 1 aromatic carbocycles. The number of aryl methyl sites for hydroxylation is 1. The summed E-state index contributed by atoms with van der Waals surface area (Å²) in [6.07, 6.45) is 2.89. The average Bonchev–Trinajstić information content (AvgIpc) is 2.19. The summed E-state index contributed by atoms with van der Waals surface area (Å²) in [6.45, 7) is 3.75. The molecule has 0 amide bonds. The van der Waals surface area contributed by atoms with E-state index < -0.39 is 10.0 Å². The summed E-state index contributed by atoms with van der Waals surface area (Å²) in [5.74, 6) is 0. The van der Waals surface area contributed by atoms with Crippen LogP contribution in [0, 0.1) is 6.92 Å². The number of benzene rings is 1. The molecule has 1 aliphatic rings. The second-order valence-electron chi connectivity index (χ2n) is 5.04. The molecule has 1 aliphatic carbocycles. The molecule has 2 rings (SSSR count). The van der Waals surface area contributed by atoms with Gasteiger partial charge in [0.25, 0.3) is 0 Å². The van der Waals surface area contributed by atoms with E-state index >= 15 is 0 Å². The molecule has 0 aromatic heterocycles. The Balaban J connectivity index is 2.28. The van der Waals surface area contributed by atoms with Gasteiger partial charge in [-0.05, 0) is 56.9 Å². The van der Waals surface area contributed by atoms with Crippen molar-refractivity contribution >= 4 is 15.7 Å². The highest BCUT2D eigenvalue weighted by Crippen LogP contribution is 2.32. The Morgan fingerprint density at radius 3 is 2.47 bits per heavy atom. The lowest BCUT2D eigenvalue weighted by Gasteiger charge is -2.38. The Labute approximate surface area is 102 Å². The SMILES string of the molecule is Cc1cc(S(=O)(=O)NC2(C)CCC2)ccc1N. The maximum atomic E-state index is 12.2. The van der Waals surface area contributed by atoms with Gasteiger partial charge in [0.2, 0.25) is 10.0 Å². The summed E-state index contributed by atoms with van der Waals surface area (Å²) < 4.78 is 27.1. The van der Waals surface area contributed by atoms with Crippen molar-refractivity contribution in [2.45, 2.75) is 43.5 Å². The first-order valence-corrected chi connectivity index (χ1v) is 7.21. The minimum absolute atomic E-state index is 0.270. The minimum atomic E-state index is -3.42. The third-order valence-electron chi connectivity index (χ3n) is 3.39. The van der Waals surface area contributed by atoms with Crippen LogP contribution in [0.4, 0.5) is 5.69 Å². The quantitative estimate of drug-likeness (QED) is 0.808. The number of hydrogen-bond donors (Lipinski definition) is 2. The topological polar surface area (TPSA) is 72.2 Å². The minimum Gasteiger partial charge on any atom is -0.399 e. The molecule has 0 radical (unpaired) electrons. The Bertz CT molecular complexity index is 533. The van der Waals surface area contributed by atoms with Crippen molar-refractivity contribution in [3.05, 3.63) is 23.8 Å². The van der Waals surface area contributed by atoms with Crippen LogP contribution in [-0.2, 0) is 10.0 Å². The van der Waals surface area contributed by atoms with Crippen molar-refractivity contribution < 1.29 is 8.42 Å². The van der Waals surface area contributed by atoms with Crippen LogP contribution < -0.4 is 10.5 Å². The van der Waals surface area contributed by atoms with Crippen LogP contribution in [-0.4, -0.2) is 14.0 Å². The number of nitrogen functional groups attached to an aromatic ring is 1. The van der Waals surface area contributed by atoms with Gasteiger partial charge in [0, 0.05) is 11.2 Å². The van der Waals surface area contributed by atoms with Gasteiger partial charge in [0.05, 0.1) is 4.90 Å². The smallest absolute Gasteiger partial charge is 0.241 e. The molecule has 0 spiro atoms. The molecule has 1 saturated carbocycles. The Kier molecular flexibility index (Phi) is 2.91. The second kappa shape index (κ2) is 3.99. The highest BCUT2D eigenvalue weighted by molar-refractivity contribution is 7.89. The Morgan fingerprint density at radius 2 is 2.00 bits per heavy atom. The van der Waals surface area contributed by atoms with Crippen LogP contribution >= 0.6 is 0 Å². The molecule has 1 fully saturated rings. The number of nitrogens with one attached hydrogen (secondary N) is 1. The third kappa shape index (κ3) is 2.45. The molecule has 0 aliphatic heterocycles. The predicted octanol–water partition coefficient (Wildman–Crippen LogP) is 1.80. The molecule has 1 aromatic rings. The van der Waals surface area contributed by atoms with Crippen LogP contribution in [0.5, 0.6) is 0 Å². The van der Waals surface area contributed by atoms with Crippen LogP contribution in [0.15, 0.2) is 23.1 Å².